The van der Waals surface area contributed by atoms with Gasteiger partial charge in [-0.05, 0) is 44.0 Å². The number of nitrogens with zero attached hydrogens (tertiary/aromatic N) is 2. The van der Waals surface area contributed by atoms with Crippen molar-refractivity contribution in [2.24, 2.45) is 0 Å². The number of hydrogen-bond acceptors (Lipinski definition) is 3. The van der Waals surface area contributed by atoms with Gasteiger partial charge in [0.05, 0.1) is 6.20 Å². The molecule has 98 valence electrons. The van der Waals surface area contributed by atoms with Crippen molar-refractivity contribution < 1.29 is 13.6 Å². The van der Waals surface area contributed by atoms with Gasteiger partial charge in [-0.15, -0.1) is 0 Å². The molecule has 0 atom stereocenters. The lowest BCUT2D eigenvalue weighted by Gasteiger charge is -2.07. The summed E-state index contributed by atoms with van der Waals surface area (Å²) >= 11 is 6.17. The molecule has 0 unspecified atom stereocenters. The topological polar surface area (TPSA) is 54.9 Å². The van der Waals surface area contributed by atoms with E-state index in [9.17, 15) is 13.6 Å². The van der Waals surface area contributed by atoms with Gasteiger partial charge in [-0.3, -0.25) is 4.79 Å². The molecule has 0 fully saturated rings. The first-order valence-electron chi connectivity index (χ1n) is 4.92. The molecule has 0 saturated carbocycles. The molecule has 2 rings (SSSR count). The first kappa shape index (κ1) is 14.0. The van der Waals surface area contributed by atoms with E-state index in [0.29, 0.717) is 4.60 Å². The third-order valence-corrected chi connectivity index (χ3v) is 3.06. The minimum Gasteiger partial charge on any atom is -0.304 e. The molecule has 0 aliphatic heterocycles. The van der Waals surface area contributed by atoms with E-state index in [1.54, 1.807) is 0 Å². The molecule has 19 heavy (non-hydrogen) atoms. The van der Waals surface area contributed by atoms with Crippen LogP contribution in [0.15, 0.2) is 33.6 Å². The van der Waals surface area contributed by atoms with E-state index >= 15 is 0 Å². The van der Waals surface area contributed by atoms with Crippen LogP contribution < -0.4 is 5.32 Å². The standard InChI is InChI=1S/C11H5Br2F2N3O/c12-7-4-16-10(9(13)17-7)18-11(19)8-5(14)2-1-3-6(8)15/h1-4H,(H,16,18,19). The fraction of sp³-hybridized carbons (Fsp3) is 0. The highest BCUT2D eigenvalue weighted by Crippen LogP contribution is 2.21. The number of nitrogens with one attached hydrogen (secondary N) is 1. The summed E-state index contributed by atoms with van der Waals surface area (Å²) in [5.74, 6) is -2.76. The molecular formula is C11H5Br2F2N3O. The number of aromatic nitrogens is 2. The Morgan fingerprint density at radius 1 is 1.21 bits per heavy atom. The third-order valence-electron chi connectivity index (χ3n) is 2.12. The smallest absolute Gasteiger partial charge is 0.262 e. The monoisotopic (exact) mass is 391 g/mol. The van der Waals surface area contributed by atoms with Gasteiger partial charge in [0.25, 0.3) is 5.91 Å². The number of benzene rings is 1. The second kappa shape index (κ2) is 5.70. The Labute approximate surface area is 123 Å². The zero-order chi connectivity index (χ0) is 14.0. The first-order valence-corrected chi connectivity index (χ1v) is 6.51. The van der Waals surface area contributed by atoms with Crippen molar-refractivity contribution >= 4 is 43.6 Å². The number of amides is 1. The Morgan fingerprint density at radius 2 is 1.84 bits per heavy atom. The quantitative estimate of drug-likeness (QED) is 0.850. The fourth-order valence-corrected chi connectivity index (χ4v) is 2.23. The van der Waals surface area contributed by atoms with Gasteiger partial charge in [-0.2, -0.15) is 0 Å². The Bertz CT molecular complexity index is 632. The molecule has 1 heterocycles. The third kappa shape index (κ3) is 3.13. The summed E-state index contributed by atoms with van der Waals surface area (Å²) in [7, 11) is 0. The van der Waals surface area contributed by atoms with Gasteiger partial charge >= 0.3 is 0 Å². The molecule has 0 aliphatic carbocycles. The molecule has 1 N–H and O–H groups in total. The van der Waals surface area contributed by atoms with Crippen molar-refractivity contribution in [1.82, 2.24) is 9.97 Å². The Kier molecular flexibility index (Phi) is 4.20. The van der Waals surface area contributed by atoms with Crippen LogP contribution >= 0.6 is 31.9 Å². The summed E-state index contributed by atoms with van der Waals surface area (Å²) in [5.41, 5.74) is -0.667. The summed E-state index contributed by atoms with van der Waals surface area (Å²) in [6, 6.07) is 3.18. The highest BCUT2D eigenvalue weighted by Gasteiger charge is 2.18. The maximum absolute atomic E-state index is 13.4. The second-order valence-corrected chi connectivity index (χ2v) is 4.95. The van der Waals surface area contributed by atoms with E-state index in [1.807, 2.05) is 0 Å². The van der Waals surface area contributed by atoms with Gasteiger partial charge in [-0.25, -0.2) is 18.7 Å². The van der Waals surface area contributed by atoms with Gasteiger partial charge < -0.3 is 5.32 Å². The van der Waals surface area contributed by atoms with E-state index in [1.165, 1.54) is 12.3 Å². The predicted molar refractivity (Wildman–Crippen MR) is 71.7 cm³/mol. The summed E-state index contributed by atoms with van der Waals surface area (Å²) in [6.45, 7) is 0. The Balaban J connectivity index is 2.31. The molecule has 2 aromatic rings. The first-order chi connectivity index (χ1) is 8.99. The fourth-order valence-electron chi connectivity index (χ4n) is 1.32. The summed E-state index contributed by atoms with van der Waals surface area (Å²) in [5, 5.41) is 2.28. The highest BCUT2D eigenvalue weighted by molar-refractivity contribution is 9.11. The van der Waals surface area contributed by atoms with Gasteiger partial charge in [0.1, 0.15) is 26.4 Å². The van der Waals surface area contributed by atoms with Crippen LogP contribution in [0.1, 0.15) is 10.4 Å². The normalized spacial score (nSPS) is 10.3. The predicted octanol–water partition coefficient (Wildman–Crippen LogP) is 3.53. The number of anilines is 1. The summed E-state index contributed by atoms with van der Waals surface area (Å²) in [4.78, 5) is 19.6. The van der Waals surface area contributed by atoms with E-state index in [0.717, 1.165) is 12.1 Å². The Hall–Kier alpha value is -1.41. The zero-order valence-electron chi connectivity index (χ0n) is 9.12. The van der Waals surface area contributed by atoms with Crippen molar-refractivity contribution in [2.45, 2.75) is 0 Å². The van der Waals surface area contributed by atoms with Gasteiger partial charge in [0, 0.05) is 0 Å². The summed E-state index contributed by atoms with van der Waals surface area (Å²) in [6.07, 6.45) is 1.35. The van der Waals surface area contributed by atoms with Crippen LogP contribution in [0.5, 0.6) is 0 Å². The molecule has 0 saturated heterocycles. The van der Waals surface area contributed by atoms with Crippen LogP contribution in [0.25, 0.3) is 0 Å². The van der Waals surface area contributed by atoms with E-state index in [-0.39, 0.29) is 10.4 Å². The van der Waals surface area contributed by atoms with Crippen molar-refractivity contribution in [2.75, 3.05) is 5.32 Å². The molecule has 1 aromatic carbocycles. The Morgan fingerprint density at radius 3 is 2.42 bits per heavy atom. The second-order valence-electron chi connectivity index (χ2n) is 3.38. The lowest BCUT2D eigenvalue weighted by atomic mass is 10.2. The molecule has 1 amide bonds. The molecule has 0 aliphatic rings. The highest BCUT2D eigenvalue weighted by atomic mass is 79.9. The van der Waals surface area contributed by atoms with E-state index < -0.39 is 23.1 Å². The average molecular weight is 393 g/mol. The molecule has 1 aromatic heterocycles. The number of hydrogen-bond donors (Lipinski definition) is 1. The van der Waals surface area contributed by atoms with Gasteiger partial charge in [0.15, 0.2) is 5.82 Å². The summed E-state index contributed by atoms with van der Waals surface area (Å²) < 4.78 is 27.5. The van der Waals surface area contributed by atoms with Crippen LogP contribution in [0, 0.1) is 11.6 Å². The number of halogens is 4. The van der Waals surface area contributed by atoms with Crippen LogP contribution in [-0.2, 0) is 0 Å². The maximum Gasteiger partial charge on any atom is 0.262 e. The number of carbonyl (C=O) groups excluding carboxylic acids is 1. The lowest BCUT2D eigenvalue weighted by Crippen LogP contribution is -2.17. The molecule has 0 spiro atoms. The number of rotatable bonds is 2. The minimum atomic E-state index is -0.946. The number of carbonyl (C=O) groups is 1. The largest absolute Gasteiger partial charge is 0.304 e. The van der Waals surface area contributed by atoms with Crippen LogP contribution in [0.4, 0.5) is 14.6 Å². The SMILES string of the molecule is O=C(Nc1ncc(Br)nc1Br)c1c(F)cccc1F. The molecular weight excluding hydrogens is 388 g/mol. The zero-order valence-corrected chi connectivity index (χ0v) is 12.3. The molecule has 0 bridgehead atoms. The van der Waals surface area contributed by atoms with Gasteiger partial charge in [0.2, 0.25) is 0 Å². The van der Waals surface area contributed by atoms with Crippen molar-refractivity contribution in [3.8, 4) is 0 Å². The van der Waals surface area contributed by atoms with Crippen LogP contribution in [0.3, 0.4) is 0 Å². The molecule has 8 heteroatoms. The van der Waals surface area contributed by atoms with Gasteiger partial charge in [-0.1, -0.05) is 6.07 Å². The van der Waals surface area contributed by atoms with E-state index in [4.69, 9.17) is 0 Å². The van der Waals surface area contributed by atoms with E-state index in [2.05, 4.69) is 47.1 Å². The maximum atomic E-state index is 13.4. The molecule has 4 nitrogen and oxygen atoms in total. The lowest BCUT2D eigenvalue weighted by molar-refractivity contribution is 0.101. The van der Waals surface area contributed by atoms with Crippen molar-refractivity contribution in [3.63, 3.8) is 0 Å². The van der Waals surface area contributed by atoms with Crippen LogP contribution in [0.2, 0.25) is 0 Å². The van der Waals surface area contributed by atoms with Crippen LogP contribution in [-0.4, -0.2) is 15.9 Å². The average Bonchev–Trinajstić information content (AvgIpc) is 2.32. The van der Waals surface area contributed by atoms with Crippen molar-refractivity contribution in [1.29, 1.82) is 0 Å². The molecule has 0 radical (unpaired) electrons. The minimum absolute atomic E-state index is 0.0656. The van der Waals surface area contributed by atoms with Crippen molar-refractivity contribution in [3.05, 3.63) is 50.8 Å².